The first kappa shape index (κ1) is 6.58. The lowest BCUT2D eigenvalue weighted by Crippen LogP contribution is -1.98. The standard InChI is InChI=1S/C4H4N8/c1-5-2-7-3(6-1)8-4-9-11-12-10-4/h1-2H,(H2,5,6,7,8,9,10,11,12). The fourth-order valence-corrected chi connectivity index (χ4v) is 0.618. The zero-order valence-corrected chi connectivity index (χ0v) is 5.84. The zero-order valence-electron chi connectivity index (χ0n) is 5.84. The third-order valence-electron chi connectivity index (χ3n) is 1.06. The molecule has 12 heavy (non-hydrogen) atoms. The van der Waals surface area contributed by atoms with Crippen molar-refractivity contribution in [3.05, 3.63) is 12.7 Å². The van der Waals surface area contributed by atoms with Crippen LogP contribution in [0.5, 0.6) is 0 Å². The summed E-state index contributed by atoms with van der Waals surface area (Å²) in [5.41, 5.74) is 0. The van der Waals surface area contributed by atoms with Crippen LogP contribution in [0.4, 0.5) is 11.9 Å². The van der Waals surface area contributed by atoms with Gasteiger partial charge in [-0.15, -0.1) is 5.10 Å². The van der Waals surface area contributed by atoms with Gasteiger partial charge in [-0.2, -0.15) is 5.21 Å². The van der Waals surface area contributed by atoms with Crippen LogP contribution in [0, 0.1) is 0 Å². The maximum Gasteiger partial charge on any atom is 0.269 e. The van der Waals surface area contributed by atoms with Gasteiger partial charge >= 0.3 is 0 Å². The summed E-state index contributed by atoms with van der Waals surface area (Å²) in [7, 11) is 0. The average molecular weight is 164 g/mol. The molecule has 0 aromatic carbocycles. The van der Waals surface area contributed by atoms with E-state index < -0.39 is 0 Å². The van der Waals surface area contributed by atoms with E-state index in [0.29, 0.717) is 11.9 Å². The lowest BCUT2D eigenvalue weighted by atomic mass is 10.9. The smallest absolute Gasteiger partial charge is 0.269 e. The van der Waals surface area contributed by atoms with Crippen molar-refractivity contribution in [3.8, 4) is 0 Å². The number of anilines is 2. The number of aromatic nitrogens is 7. The number of H-pyrrole nitrogens is 1. The van der Waals surface area contributed by atoms with Crippen LogP contribution < -0.4 is 5.32 Å². The molecule has 0 radical (unpaired) electrons. The van der Waals surface area contributed by atoms with E-state index in [1.807, 2.05) is 0 Å². The van der Waals surface area contributed by atoms with Crippen molar-refractivity contribution in [2.45, 2.75) is 0 Å². The lowest BCUT2D eigenvalue weighted by molar-refractivity contribution is 0.881. The monoisotopic (exact) mass is 164 g/mol. The van der Waals surface area contributed by atoms with Gasteiger partial charge in [0.05, 0.1) is 0 Å². The normalized spacial score (nSPS) is 9.67. The van der Waals surface area contributed by atoms with Gasteiger partial charge < -0.3 is 0 Å². The Morgan fingerprint density at radius 1 is 1.17 bits per heavy atom. The van der Waals surface area contributed by atoms with Crippen molar-refractivity contribution in [2.75, 3.05) is 5.32 Å². The van der Waals surface area contributed by atoms with E-state index in [9.17, 15) is 0 Å². The minimum Gasteiger partial charge on any atom is -0.290 e. The Morgan fingerprint density at radius 2 is 2.00 bits per heavy atom. The van der Waals surface area contributed by atoms with Crippen LogP contribution in [-0.4, -0.2) is 35.6 Å². The summed E-state index contributed by atoms with van der Waals surface area (Å²) in [6, 6.07) is 0. The Labute approximate surface area is 66.5 Å². The predicted molar refractivity (Wildman–Crippen MR) is 37.3 cm³/mol. The molecule has 2 heterocycles. The van der Waals surface area contributed by atoms with Crippen LogP contribution in [0.3, 0.4) is 0 Å². The molecule has 0 bridgehead atoms. The molecule has 0 unspecified atom stereocenters. The molecule has 0 spiro atoms. The summed E-state index contributed by atoms with van der Waals surface area (Å²) in [6.45, 7) is 0. The molecule has 8 heteroatoms. The second-order valence-corrected chi connectivity index (χ2v) is 1.82. The van der Waals surface area contributed by atoms with Gasteiger partial charge in [0.15, 0.2) is 0 Å². The molecule has 0 saturated heterocycles. The Kier molecular flexibility index (Phi) is 1.57. The molecule has 0 aliphatic rings. The maximum atomic E-state index is 3.80. The molecular formula is C4H4N8. The average Bonchev–Trinajstić information content (AvgIpc) is 2.59. The Balaban J connectivity index is 2.15. The Hall–Kier alpha value is -2.12. The SMILES string of the molecule is c1ncnc(Nc2nn[nH]n2)n1. The third kappa shape index (κ3) is 1.31. The second-order valence-electron chi connectivity index (χ2n) is 1.82. The number of hydrogen-bond acceptors (Lipinski definition) is 7. The van der Waals surface area contributed by atoms with E-state index in [4.69, 9.17) is 0 Å². The largest absolute Gasteiger partial charge is 0.290 e. The molecular weight excluding hydrogens is 160 g/mol. The van der Waals surface area contributed by atoms with Crippen molar-refractivity contribution in [3.63, 3.8) is 0 Å². The van der Waals surface area contributed by atoms with E-state index in [1.54, 1.807) is 0 Å². The topological polar surface area (TPSA) is 105 Å². The first-order chi connectivity index (χ1) is 5.95. The van der Waals surface area contributed by atoms with Crippen molar-refractivity contribution in [2.24, 2.45) is 0 Å². The number of nitrogens with zero attached hydrogens (tertiary/aromatic N) is 6. The van der Waals surface area contributed by atoms with Crippen molar-refractivity contribution >= 4 is 11.9 Å². The number of nitrogens with one attached hydrogen (secondary N) is 2. The summed E-state index contributed by atoms with van der Waals surface area (Å²) in [6.07, 6.45) is 2.74. The van der Waals surface area contributed by atoms with Crippen molar-refractivity contribution in [1.29, 1.82) is 0 Å². The summed E-state index contributed by atoms with van der Waals surface area (Å²) in [5, 5.41) is 15.6. The molecule has 8 nitrogen and oxygen atoms in total. The molecule has 2 aromatic rings. The summed E-state index contributed by atoms with van der Waals surface area (Å²) >= 11 is 0. The minimum absolute atomic E-state index is 0.321. The molecule has 0 aliphatic carbocycles. The fourth-order valence-electron chi connectivity index (χ4n) is 0.618. The van der Waals surface area contributed by atoms with Gasteiger partial charge in [0.2, 0.25) is 5.95 Å². The Morgan fingerprint density at radius 3 is 2.67 bits per heavy atom. The van der Waals surface area contributed by atoms with Crippen LogP contribution in [-0.2, 0) is 0 Å². The first-order valence-corrected chi connectivity index (χ1v) is 3.07. The van der Waals surface area contributed by atoms with E-state index in [1.165, 1.54) is 12.7 Å². The Bertz CT molecular complexity index is 327. The number of hydrogen-bond donors (Lipinski definition) is 2. The quantitative estimate of drug-likeness (QED) is 0.594. The van der Waals surface area contributed by atoms with Crippen LogP contribution in [0.1, 0.15) is 0 Å². The van der Waals surface area contributed by atoms with Gasteiger partial charge in [-0.3, -0.25) is 5.32 Å². The molecule has 0 atom stereocenters. The molecule has 0 saturated carbocycles. The van der Waals surface area contributed by atoms with Crippen molar-refractivity contribution in [1.82, 2.24) is 35.6 Å². The molecule has 0 aliphatic heterocycles. The van der Waals surface area contributed by atoms with E-state index in [-0.39, 0.29) is 0 Å². The van der Waals surface area contributed by atoms with E-state index >= 15 is 0 Å². The van der Waals surface area contributed by atoms with Crippen molar-refractivity contribution < 1.29 is 0 Å². The van der Waals surface area contributed by atoms with Crippen LogP contribution in [0.25, 0.3) is 0 Å². The molecule has 2 N–H and O–H groups in total. The minimum atomic E-state index is 0.321. The zero-order chi connectivity index (χ0) is 8.23. The first-order valence-electron chi connectivity index (χ1n) is 3.07. The summed E-state index contributed by atoms with van der Waals surface area (Å²) in [4.78, 5) is 11.2. The van der Waals surface area contributed by atoms with E-state index in [2.05, 4.69) is 40.9 Å². The molecule has 0 fully saturated rings. The highest BCUT2D eigenvalue weighted by atomic mass is 15.5. The fraction of sp³-hybridized carbons (Fsp3) is 0. The van der Waals surface area contributed by atoms with Gasteiger partial charge in [-0.25, -0.2) is 15.0 Å². The predicted octanol–water partition coefficient (Wildman–Crippen LogP) is -0.872. The van der Waals surface area contributed by atoms with Crippen LogP contribution >= 0.6 is 0 Å². The molecule has 2 aromatic heterocycles. The molecule has 2 rings (SSSR count). The van der Waals surface area contributed by atoms with Gasteiger partial charge in [0.1, 0.15) is 12.7 Å². The number of aromatic amines is 1. The third-order valence-corrected chi connectivity index (χ3v) is 1.06. The molecule has 60 valence electrons. The summed E-state index contributed by atoms with van der Waals surface area (Å²) < 4.78 is 0. The van der Waals surface area contributed by atoms with Gasteiger partial charge in [0.25, 0.3) is 5.95 Å². The highest BCUT2D eigenvalue weighted by Gasteiger charge is 1.98. The second kappa shape index (κ2) is 2.86. The highest BCUT2D eigenvalue weighted by Crippen LogP contribution is 2.00. The van der Waals surface area contributed by atoms with Crippen LogP contribution in [0.15, 0.2) is 12.7 Å². The number of tetrazole rings is 1. The summed E-state index contributed by atoms with van der Waals surface area (Å²) in [5.74, 6) is 0.701. The lowest BCUT2D eigenvalue weighted by Gasteiger charge is -1.94. The van der Waals surface area contributed by atoms with Gasteiger partial charge in [-0.05, 0) is 5.21 Å². The number of rotatable bonds is 2. The van der Waals surface area contributed by atoms with Gasteiger partial charge in [-0.1, -0.05) is 5.10 Å². The van der Waals surface area contributed by atoms with Gasteiger partial charge in [0, 0.05) is 0 Å². The maximum absolute atomic E-state index is 3.80. The van der Waals surface area contributed by atoms with E-state index in [0.717, 1.165) is 0 Å². The van der Waals surface area contributed by atoms with Crippen LogP contribution in [0.2, 0.25) is 0 Å². The molecule has 0 amide bonds. The highest BCUT2D eigenvalue weighted by molar-refractivity contribution is 5.38.